The van der Waals surface area contributed by atoms with Crippen molar-refractivity contribution >= 4 is 29.0 Å². The molecule has 0 bridgehead atoms. The summed E-state index contributed by atoms with van der Waals surface area (Å²) in [5, 5.41) is 3.44. The summed E-state index contributed by atoms with van der Waals surface area (Å²) in [7, 11) is 0. The Labute approximate surface area is 193 Å². The number of hydrogen-bond donors (Lipinski definition) is 1. The molecule has 0 radical (unpaired) electrons. The molecule has 32 heavy (non-hydrogen) atoms. The molecule has 3 aromatic rings. The molecule has 1 aliphatic heterocycles. The second-order valence-electron chi connectivity index (χ2n) is 8.26. The van der Waals surface area contributed by atoms with E-state index in [0.29, 0.717) is 34.8 Å². The number of nitrogens with one attached hydrogen (secondary N) is 1. The van der Waals surface area contributed by atoms with Crippen molar-refractivity contribution < 1.29 is 9.59 Å². The van der Waals surface area contributed by atoms with Crippen LogP contribution in [0.25, 0.3) is 0 Å². The summed E-state index contributed by atoms with van der Waals surface area (Å²) < 4.78 is 0. The Balaban J connectivity index is 1.60. The van der Waals surface area contributed by atoms with E-state index in [1.807, 2.05) is 49.5 Å². The smallest absolute Gasteiger partial charge is 0.250 e. The Bertz CT molecular complexity index is 1190. The number of anilines is 1. The Hall–Kier alpha value is -3.37. The van der Waals surface area contributed by atoms with Gasteiger partial charge in [-0.3, -0.25) is 9.59 Å². The van der Waals surface area contributed by atoms with E-state index in [2.05, 4.69) is 29.3 Å². The van der Waals surface area contributed by atoms with Crippen LogP contribution in [0.2, 0.25) is 5.02 Å². The quantitative estimate of drug-likeness (QED) is 0.474. The molecule has 1 N–H and O–H groups in total. The van der Waals surface area contributed by atoms with Gasteiger partial charge in [0.15, 0.2) is 5.78 Å². The van der Waals surface area contributed by atoms with Crippen LogP contribution in [0.1, 0.15) is 40.4 Å². The molecule has 0 aliphatic carbocycles. The standard InChI is InChI=1S/C27H25ClN2O2/c1-19-9-6-7-12-21(19)18-30-16-8-15-27(30,2)26(32)29-24-14-13-22(28)17-23(24)25(31)20-10-4-3-5-11-20/h3-14,16-17H,15,18H2,1-2H3,(H,29,32)/t27-/m1/s1. The summed E-state index contributed by atoms with van der Waals surface area (Å²) in [5.74, 6) is -0.351. The molecule has 0 unspecified atom stereocenters. The van der Waals surface area contributed by atoms with Crippen molar-refractivity contribution in [2.24, 2.45) is 0 Å². The van der Waals surface area contributed by atoms with E-state index in [0.717, 1.165) is 0 Å². The number of ketones is 1. The minimum absolute atomic E-state index is 0.166. The van der Waals surface area contributed by atoms with Gasteiger partial charge in [0.25, 0.3) is 0 Å². The first-order chi connectivity index (χ1) is 15.4. The van der Waals surface area contributed by atoms with Gasteiger partial charge in [-0.2, -0.15) is 0 Å². The van der Waals surface area contributed by atoms with Gasteiger partial charge in [0, 0.05) is 22.7 Å². The van der Waals surface area contributed by atoms with Crippen molar-refractivity contribution in [1.29, 1.82) is 0 Å². The molecule has 1 amide bonds. The molecular formula is C27H25ClN2O2. The van der Waals surface area contributed by atoms with Crippen LogP contribution in [0.15, 0.2) is 85.1 Å². The maximum Gasteiger partial charge on any atom is 0.250 e. The van der Waals surface area contributed by atoms with Gasteiger partial charge < -0.3 is 10.2 Å². The summed E-state index contributed by atoms with van der Waals surface area (Å²) >= 11 is 6.18. The maximum atomic E-state index is 13.5. The molecular weight excluding hydrogens is 420 g/mol. The highest BCUT2D eigenvalue weighted by Gasteiger charge is 2.40. The van der Waals surface area contributed by atoms with Gasteiger partial charge in [-0.15, -0.1) is 0 Å². The van der Waals surface area contributed by atoms with Gasteiger partial charge >= 0.3 is 0 Å². The lowest BCUT2D eigenvalue weighted by Gasteiger charge is -2.35. The summed E-state index contributed by atoms with van der Waals surface area (Å²) in [6, 6.07) is 22.1. The van der Waals surface area contributed by atoms with Crippen molar-refractivity contribution in [2.45, 2.75) is 32.4 Å². The third kappa shape index (κ3) is 4.32. The van der Waals surface area contributed by atoms with Crippen molar-refractivity contribution in [2.75, 3.05) is 5.32 Å². The number of hydrogen-bond acceptors (Lipinski definition) is 3. The highest BCUT2D eigenvalue weighted by molar-refractivity contribution is 6.31. The Morgan fingerprint density at radius 1 is 1.03 bits per heavy atom. The van der Waals surface area contributed by atoms with Crippen LogP contribution >= 0.6 is 11.6 Å². The SMILES string of the molecule is Cc1ccccc1CN1C=CC[C@]1(C)C(=O)Nc1ccc(Cl)cc1C(=O)c1ccccc1. The Morgan fingerprint density at radius 3 is 2.50 bits per heavy atom. The van der Waals surface area contributed by atoms with Crippen molar-refractivity contribution in [1.82, 2.24) is 4.90 Å². The maximum absolute atomic E-state index is 13.5. The second-order valence-corrected chi connectivity index (χ2v) is 8.69. The topological polar surface area (TPSA) is 49.4 Å². The van der Waals surface area contributed by atoms with Crippen molar-refractivity contribution in [3.63, 3.8) is 0 Å². The number of nitrogens with zero attached hydrogens (tertiary/aromatic N) is 1. The van der Waals surface area contributed by atoms with Gasteiger partial charge in [0.2, 0.25) is 5.91 Å². The molecule has 0 aromatic heterocycles. The van der Waals surface area contributed by atoms with Gasteiger partial charge in [0.05, 0.1) is 5.69 Å². The van der Waals surface area contributed by atoms with Crippen LogP contribution in [0, 0.1) is 6.92 Å². The first kappa shape index (κ1) is 21.8. The Morgan fingerprint density at radius 2 is 1.75 bits per heavy atom. The lowest BCUT2D eigenvalue weighted by molar-refractivity contribution is -0.125. The van der Waals surface area contributed by atoms with E-state index in [1.165, 1.54) is 11.1 Å². The minimum Gasteiger partial charge on any atom is -0.359 e. The molecule has 1 heterocycles. The molecule has 0 spiro atoms. The van der Waals surface area contributed by atoms with E-state index in [-0.39, 0.29) is 11.7 Å². The third-order valence-corrected chi connectivity index (χ3v) is 6.27. The van der Waals surface area contributed by atoms with Crippen LogP contribution in [-0.2, 0) is 11.3 Å². The zero-order valence-corrected chi connectivity index (χ0v) is 18.9. The Kier molecular flexibility index (Phi) is 6.15. The van der Waals surface area contributed by atoms with Crippen LogP contribution in [-0.4, -0.2) is 22.1 Å². The summed E-state index contributed by atoms with van der Waals surface area (Å²) in [6.07, 6.45) is 4.57. The first-order valence-corrected chi connectivity index (χ1v) is 10.9. The van der Waals surface area contributed by atoms with E-state index in [4.69, 9.17) is 11.6 Å². The minimum atomic E-state index is -0.769. The van der Waals surface area contributed by atoms with Gasteiger partial charge in [-0.05, 0) is 55.8 Å². The van der Waals surface area contributed by atoms with E-state index in [1.54, 1.807) is 30.3 Å². The molecule has 1 aliphatic rings. The lowest BCUT2D eigenvalue weighted by Crippen LogP contribution is -2.49. The molecule has 5 heteroatoms. The van der Waals surface area contributed by atoms with Crippen molar-refractivity contribution in [3.05, 3.63) is 112 Å². The molecule has 0 fully saturated rings. The number of halogens is 1. The van der Waals surface area contributed by atoms with Crippen LogP contribution in [0.3, 0.4) is 0 Å². The number of carbonyl (C=O) groups is 2. The van der Waals surface area contributed by atoms with Gasteiger partial charge in [-0.25, -0.2) is 0 Å². The molecule has 1 atom stereocenters. The number of aryl methyl sites for hydroxylation is 1. The molecule has 3 aromatic carbocycles. The number of carbonyl (C=O) groups excluding carboxylic acids is 2. The first-order valence-electron chi connectivity index (χ1n) is 10.6. The van der Waals surface area contributed by atoms with Gasteiger partial charge in [-0.1, -0.05) is 72.3 Å². The molecule has 4 nitrogen and oxygen atoms in total. The fraction of sp³-hybridized carbons (Fsp3) is 0.185. The third-order valence-electron chi connectivity index (χ3n) is 6.04. The van der Waals surface area contributed by atoms with Crippen LogP contribution in [0.5, 0.6) is 0 Å². The normalized spacial score (nSPS) is 17.4. The van der Waals surface area contributed by atoms with Crippen LogP contribution < -0.4 is 5.32 Å². The highest BCUT2D eigenvalue weighted by atomic mass is 35.5. The fourth-order valence-corrected chi connectivity index (χ4v) is 4.10. The van der Waals surface area contributed by atoms with Crippen LogP contribution in [0.4, 0.5) is 5.69 Å². The fourth-order valence-electron chi connectivity index (χ4n) is 3.93. The predicted octanol–water partition coefficient (Wildman–Crippen LogP) is 6.00. The molecule has 0 saturated heterocycles. The van der Waals surface area contributed by atoms with E-state index in [9.17, 15) is 9.59 Å². The summed E-state index contributed by atoms with van der Waals surface area (Å²) in [6.45, 7) is 4.63. The number of rotatable bonds is 6. The van der Waals surface area contributed by atoms with Gasteiger partial charge in [0.1, 0.15) is 5.54 Å². The largest absolute Gasteiger partial charge is 0.359 e. The molecule has 162 valence electrons. The second kappa shape index (κ2) is 9.01. The average molecular weight is 445 g/mol. The van der Waals surface area contributed by atoms with E-state index < -0.39 is 5.54 Å². The van der Waals surface area contributed by atoms with E-state index >= 15 is 0 Å². The zero-order valence-electron chi connectivity index (χ0n) is 18.1. The summed E-state index contributed by atoms with van der Waals surface area (Å²) in [5.41, 5.74) is 2.96. The summed E-state index contributed by atoms with van der Waals surface area (Å²) in [4.78, 5) is 28.6. The predicted molar refractivity (Wildman–Crippen MR) is 129 cm³/mol. The highest BCUT2D eigenvalue weighted by Crippen LogP contribution is 2.32. The average Bonchev–Trinajstić information content (AvgIpc) is 3.18. The zero-order chi connectivity index (χ0) is 22.7. The number of benzene rings is 3. The monoisotopic (exact) mass is 444 g/mol. The lowest BCUT2D eigenvalue weighted by atomic mass is 9.95. The number of amides is 1. The molecule has 0 saturated carbocycles. The van der Waals surface area contributed by atoms with Crippen molar-refractivity contribution in [3.8, 4) is 0 Å². The molecule has 4 rings (SSSR count).